The number of pyridine rings is 1. The van der Waals surface area contributed by atoms with E-state index in [9.17, 15) is 0 Å². The first-order valence-electron chi connectivity index (χ1n) is 7.07. The van der Waals surface area contributed by atoms with Crippen LogP contribution in [0.4, 0.5) is 5.82 Å². The smallest absolute Gasteiger partial charge is 0.144 e. The lowest BCUT2D eigenvalue weighted by Gasteiger charge is -2.36. The predicted octanol–water partition coefficient (Wildman–Crippen LogP) is 1.28. The van der Waals surface area contributed by atoms with Crippen LogP contribution in [-0.2, 0) is 6.54 Å². The van der Waals surface area contributed by atoms with Gasteiger partial charge in [-0.1, -0.05) is 13.0 Å². The molecule has 0 spiro atoms. The molecule has 0 atom stereocenters. The minimum atomic E-state index is 0.661. The maximum absolute atomic E-state index is 5.50. The molecule has 0 radical (unpaired) electrons. The third kappa shape index (κ3) is 3.65. The van der Waals surface area contributed by atoms with Crippen molar-refractivity contribution in [3.05, 3.63) is 23.9 Å². The molecule has 5 nitrogen and oxygen atoms in total. The van der Waals surface area contributed by atoms with Crippen LogP contribution in [0.15, 0.2) is 18.3 Å². The lowest BCUT2D eigenvalue weighted by Crippen LogP contribution is -2.43. The quantitative estimate of drug-likeness (QED) is 0.619. The number of hydrogen-bond acceptors (Lipinski definition) is 5. The molecule has 0 aliphatic carbocycles. The predicted molar refractivity (Wildman–Crippen MR) is 78.7 cm³/mol. The van der Waals surface area contributed by atoms with Crippen LogP contribution in [0.2, 0.25) is 0 Å². The van der Waals surface area contributed by atoms with Crippen LogP contribution in [0.3, 0.4) is 0 Å². The molecule has 1 saturated heterocycles. The summed E-state index contributed by atoms with van der Waals surface area (Å²) in [6.07, 6.45) is 4.25. The molecule has 2 heterocycles. The van der Waals surface area contributed by atoms with Crippen LogP contribution in [0.25, 0.3) is 0 Å². The molecule has 3 N–H and O–H groups in total. The van der Waals surface area contributed by atoms with E-state index in [2.05, 4.69) is 40.2 Å². The highest BCUT2D eigenvalue weighted by atomic mass is 15.3. The number of nitrogens with one attached hydrogen (secondary N) is 1. The van der Waals surface area contributed by atoms with Gasteiger partial charge in [-0.15, -0.1) is 0 Å². The molecule has 2 rings (SSSR count). The second kappa shape index (κ2) is 6.84. The molecule has 0 aromatic carbocycles. The summed E-state index contributed by atoms with van der Waals surface area (Å²) in [7, 11) is 2.19. The summed E-state index contributed by atoms with van der Waals surface area (Å²) >= 11 is 0. The molecular weight excluding hydrogens is 238 g/mol. The summed E-state index contributed by atoms with van der Waals surface area (Å²) in [5.41, 5.74) is 3.83. The summed E-state index contributed by atoms with van der Waals surface area (Å²) in [5.74, 6) is 6.28. The highest BCUT2D eigenvalue weighted by molar-refractivity contribution is 5.42. The van der Waals surface area contributed by atoms with E-state index in [0.29, 0.717) is 6.04 Å². The van der Waals surface area contributed by atoms with Gasteiger partial charge < -0.3 is 10.3 Å². The van der Waals surface area contributed by atoms with Crippen LogP contribution in [0.5, 0.6) is 0 Å². The average molecular weight is 263 g/mol. The molecule has 0 saturated carbocycles. The zero-order chi connectivity index (χ0) is 13.7. The Balaban J connectivity index is 1.92. The fourth-order valence-corrected chi connectivity index (χ4v) is 2.77. The normalized spacial score (nSPS) is 17.9. The van der Waals surface area contributed by atoms with Crippen molar-refractivity contribution in [3.8, 4) is 0 Å². The van der Waals surface area contributed by atoms with E-state index in [4.69, 9.17) is 5.84 Å². The van der Waals surface area contributed by atoms with Crippen molar-refractivity contribution < 1.29 is 0 Å². The first kappa shape index (κ1) is 14.2. The first-order chi connectivity index (χ1) is 9.24. The van der Waals surface area contributed by atoms with Crippen molar-refractivity contribution in [1.82, 2.24) is 14.8 Å². The molecule has 5 heteroatoms. The van der Waals surface area contributed by atoms with Gasteiger partial charge >= 0.3 is 0 Å². The van der Waals surface area contributed by atoms with Crippen molar-refractivity contribution in [2.24, 2.45) is 5.84 Å². The Morgan fingerprint density at radius 3 is 2.84 bits per heavy atom. The minimum Gasteiger partial charge on any atom is -0.308 e. The van der Waals surface area contributed by atoms with Gasteiger partial charge in [-0.25, -0.2) is 10.8 Å². The maximum Gasteiger partial charge on any atom is 0.144 e. The van der Waals surface area contributed by atoms with Gasteiger partial charge in [-0.2, -0.15) is 0 Å². The van der Waals surface area contributed by atoms with Crippen LogP contribution >= 0.6 is 0 Å². The summed E-state index contributed by atoms with van der Waals surface area (Å²) in [6.45, 7) is 6.71. The highest BCUT2D eigenvalue weighted by Crippen LogP contribution is 2.19. The van der Waals surface area contributed by atoms with Gasteiger partial charge in [0.15, 0.2) is 0 Å². The number of nitrogens with zero attached hydrogens (tertiary/aromatic N) is 3. The molecule has 1 aromatic rings. The zero-order valence-corrected chi connectivity index (χ0v) is 12.0. The number of likely N-dealkylation sites (tertiary alicyclic amines) is 1. The van der Waals surface area contributed by atoms with Crippen LogP contribution in [0.1, 0.15) is 25.3 Å². The highest BCUT2D eigenvalue weighted by Gasteiger charge is 2.22. The summed E-state index contributed by atoms with van der Waals surface area (Å²) in [4.78, 5) is 9.19. The number of aromatic nitrogens is 1. The molecule has 1 fully saturated rings. The Morgan fingerprint density at radius 2 is 2.21 bits per heavy atom. The molecule has 1 aliphatic rings. The van der Waals surface area contributed by atoms with Gasteiger partial charge in [-0.3, -0.25) is 4.90 Å². The lowest BCUT2D eigenvalue weighted by atomic mass is 10.0. The Kier molecular flexibility index (Phi) is 5.13. The molecular formula is C14H25N5. The van der Waals surface area contributed by atoms with Crippen molar-refractivity contribution in [1.29, 1.82) is 0 Å². The average Bonchev–Trinajstić information content (AvgIpc) is 2.48. The van der Waals surface area contributed by atoms with Crippen molar-refractivity contribution in [2.45, 2.75) is 32.4 Å². The van der Waals surface area contributed by atoms with Gasteiger partial charge in [0.1, 0.15) is 5.82 Å². The van der Waals surface area contributed by atoms with Crippen LogP contribution in [0, 0.1) is 0 Å². The van der Waals surface area contributed by atoms with Crippen molar-refractivity contribution in [3.63, 3.8) is 0 Å². The number of nitrogens with two attached hydrogens (primary N) is 1. The second-order valence-electron chi connectivity index (χ2n) is 5.24. The van der Waals surface area contributed by atoms with Crippen molar-refractivity contribution >= 4 is 5.82 Å². The minimum absolute atomic E-state index is 0.661. The van der Waals surface area contributed by atoms with E-state index in [0.717, 1.165) is 17.9 Å². The fraction of sp³-hybridized carbons (Fsp3) is 0.643. The van der Waals surface area contributed by atoms with Crippen LogP contribution in [-0.4, -0.2) is 47.5 Å². The Bertz CT molecular complexity index is 387. The van der Waals surface area contributed by atoms with E-state index in [-0.39, 0.29) is 0 Å². The standard InChI is InChI=1S/C14H25N5/c1-3-19-9-6-13(7-10-19)18(2)11-12-5-4-8-16-14(12)17-15/h4-5,8,13H,3,6-7,9-11,15H2,1-2H3,(H,16,17). The van der Waals surface area contributed by atoms with E-state index in [1.807, 2.05) is 6.07 Å². The van der Waals surface area contributed by atoms with Gasteiger partial charge in [0.05, 0.1) is 0 Å². The largest absolute Gasteiger partial charge is 0.308 e. The van der Waals surface area contributed by atoms with Gasteiger partial charge in [0.2, 0.25) is 0 Å². The summed E-state index contributed by atoms with van der Waals surface area (Å²) in [5, 5.41) is 0. The van der Waals surface area contributed by atoms with E-state index >= 15 is 0 Å². The number of nitrogen functional groups attached to an aromatic ring is 1. The van der Waals surface area contributed by atoms with Gasteiger partial charge in [-0.05, 0) is 45.6 Å². The summed E-state index contributed by atoms with van der Waals surface area (Å²) in [6, 6.07) is 4.71. The van der Waals surface area contributed by atoms with E-state index in [1.54, 1.807) is 6.20 Å². The first-order valence-corrected chi connectivity index (χ1v) is 7.07. The van der Waals surface area contributed by atoms with E-state index < -0.39 is 0 Å². The number of hydrogen-bond donors (Lipinski definition) is 2. The third-order valence-electron chi connectivity index (χ3n) is 4.08. The lowest BCUT2D eigenvalue weighted by molar-refractivity contribution is 0.127. The number of rotatable bonds is 5. The van der Waals surface area contributed by atoms with Gasteiger partial charge in [0, 0.05) is 24.3 Å². The fourth-order valence-electron chi connectivity index (χ4n) is 2.77. The zero-order valence-electron chi connectivity index (χ0n) is 12.0. The van der Waals surface area contributed by atoms with Crippen molar-refractivity contribution in [2.75, 3.05) is 32.1 Å². The number of anilines is 1. The SMILES string of the molecule is CCN1CCC(N(C)Cc2cccnc2NN)CC1. The second-order valence-corrected chi connectivity index (χ2v) is 5.24. The maximum atomic E-state index is 5.50. The topological polar surface area (TPSA) is 57.4 Å². The number of piperidine rings is 1. The molecule has 0 bridgehead atoms. The number of hydrazine groups is 1. The molecule has 19 heavy (non-hydrogen) atoms. The monoisotopic (exact) mass is 263 g/mol. The molecule has 0 amide bonds. The molecule has 106 valence electrons. The molecule has 0 unspecified atom stereocenters. The third-order valence-corrected chi connectivity index (χ3v) is 4.08. The summed E-state index contributed by atoms with van der Waals surface area (Å²) < 4.78 is 0. The van der Waals surface area contributed by atoms with Gasteiger partial charge in [0.25, 0.3) is 0 Å². The van der Waals surface area contributed by atoms with Crippen LogP contribution < -0.4 is 11.3 Å². The Labute approximate surface area is 115 Å². The Morgan fingerprint density at radius 1 is 1.47 bits per heavy atom. The molecule has 1 aliphatic heterocycles. The Hall–Kier alpha value is -1.17. The molecule has 1 aromatic heterocycles. The van der Waals surface area contributed by atoms with E-state index in [1.165, 1.54) is 32.5 Å².